The Morgan fingerprint density at radius 1 is 0.929 bits per heavy atom. The number of ether oxygens (including phenoxy) is 2. The molecule has 4 aromatic rings. The topological polar surface area (TPSA) is 102 Å². The van der Waals surface area contributed by atoms with E-state index in [0.717, 1.165) is 11.1 Å². The van der Waals surface area contributed by atoms with Crippen molar-refractivity contribution in [1.29, 1.82) is 0 Å². The number of H-pyrrole nitrogens is 1. The van der Waals surface area contributed by atoms with E-state index in [-0.39, 0.29) is 12.6 Å². The molecule has 2 heterocycles. The molecule has 8 heteroatoms. The lowest BCUT2D eigenvalue weighted by Crippen LogP contribution is -2.16. The summed E-state index contributed by atoms with van der Waals surface area (Å²) in [7, 11) is 0. The first-order chi connectivity index (χ1) is 13.8. The molecule has 2 aromatic carbocycles. The predicted octanol–water partition coefficient (Wildman–Crippen LogP) is 3.68. The summed E-state index contributed by atoms with van der Waals surface area (Å²) in [4.78, 5) is 27.6. The quantitative estimate of drug-likeness (QED) is 0.533. The van der Waals surface area contributed by atoms with Gasteiger partial charge in [-0.1, -0.05) is 60.7 Å². The molecular formula is C20H17N5O3. The number of fused-ring (bicyclic) bond motifs is 1. The molecule has 4 rings (SSSR count). The monoisotopic (exact) mass is 375 g/mol. The molecule has 1 amide bonds. The Kier molecular flexibility index (Phi) is 5.10. The van der Waals surface area contributed by atoms with Crippen LogP contribution in [0.3, 0.4) is 0 Å². The molecule has 0 saturated carbocycles. The van der Waals surface area contributed by atoms with Crippen LogP contribution in [0, 0.1) is 0 Å². The maximum absolute atomic E-state index is 12.1. The first kappa shape index (κ1) is 17.5. The summed E-state index contributed by atoms with van der Waals surface area (Å²) in [5.41, 5.74) is 2.81. The lowest BCUT2D eigenvalue weighted by atomic mass is 10.2. The zero-order chi connectivity index (χ0) is 19.2. The summed E-state index contributed by atoms with van der Waals surface area (Å²) in [5.74, 6) is 0.352. The number of carbonyl (C=O) groups excluding carboxylic acids is 1. The number of anilines is 1. The number of nitrogens with zero attached hydrogens (tertiary/aromatic N) is 3. The highest BCUT2D eigenvalue weighted by atomic mass is 16.5. The highest BCUT2D eigenvalue weighted by Gasteiger charge is 2.14. The number of carbonyl (C=O) groups is 1. The van der Waals surface area contributed by atoms with Gasteiger partial charge in [-0.05, 0) is 11.1 Å². The third kappa shape index (κ3) is 4.24. The van der Waals surface area contributed by atoms with Gasteiger partial charge in [-0.25, -0.2) is 9.78 Å². The minimum atomic E-state index is -0.659. The van der Waals surface area contributed by atoms with Crippen molar-refractivity contribution >= 4 is 23.2 Å². The highest BCUT2D eigenvalue weighted by Crippen LogP contribution is 2.22. The van der Waals surface area contributed by atoms with Crippen LogP contribution in [0.5, 0.6) is 5.88 Å². The lowest BCUT2D eigenvalue weighted by Gasteiger charge is -2.09. The van der Waals surface area contributed by atoms with Gasteiger partial charge in [0.05, 0.1) is 6.33 Å². The number of rotatable bonds is 6. The number of imidazole rings is 1. The Hall–Kier alpha value is -3.94. The molecule has 0 saturated heterocycles. The zero-order valence-electron chi connectivity index (χ0n) is 14.8. The first-order valence-corrected chi connectivity index (χ1v) is 8.63. The number of amides is 1. The van der Waals surface area contributed by atoms with E-state index in [1.165, 1.54) is 6.33 Å². The van der Waals surface area contributed by atoms with Crippen molar-refractivity contribution in [2.24, 2.45) is 0 Å². The summed E-state index contributed by atoms with van der Waals surface area (Å²) < 4.78 is 11.0. The van der Waals surface area contributed by atoms with Crippen LogP contribution in [0.15, 0.2) is 67.0 Å². The van der Waals surface area contributed by atoms with Crippen molar-refractivity contribution in [2.75, 3.05) is 5.32 Å². The standard InChI is InChI=1S/C20H17N5O3/c26-20(28-12-15-9-5-2-6-10-15)25-19-23-17-16(21-13-22-17)18(24-19)27-11-14-7-3-1-4-8-14/h1-10,13H,11-12H2,(H2,21,22,23,24,25,26). The van der Waals surface area contributed by atoms with Crippen molar-refractivity contribution in [2.45, 2.75) is 13.2 Å². The average Bonchev–Trinajstić information content (AvgIpc) is 3.21. The third-order valence-electron chi connectivity index (χ3n) is 3.90. The fraction of sp³-hybridized carbons (Fsp3) is 0.100. The van der Waals surface area contributed by atoms with E-state index in [9.17, 15) is 4.79 Å². The molecule has 0 fully saturated rings. The molecule has 0 radical (unpaired) electrons. The number of nitrogens with one attached hydrogen (secondary N) is 2. The molecule has 140 valence electrons. The van der Waals surface area contributed by atoms with Gasteiger partial charge in [0.25, 0.3) is 0 Å². The molecular weight excluding hydrogens is 358 g/mol. The third-order valence-corrected chi connectivity index (χ3v) is 3.90. The van der Waals surface area contributed by atoms with E-state index >= 15 is 0 Å². The summed E-state index contributed by atoms with van der Waals surface area (Å²) in [5, 5.41) is 2.52. The number of hydrogen-bond donors (Lipinski definition) is 2. The van der Waals surface area contributed by atoms with Crippen LogP contribution in [0.2, 0.25) is 0 Å². The average molecular weight is 375 g/mol. The number of aromatic amines is 1. The largest absolute Gasteiger partial charge is 0.471 e. The minimum absolute atomic E-state index is 0.0562. The van der Waals surface area contributed by atoms with Gasteiger partial charge in [-0.2, -0.15) is 9.97 Å². The van der Waals surface area contributed by atoms with Gasteiger partial charge >= 0.3 is 6.09 Å². The minimum Gasteiger partial charge on any atom is -0.471 e. The van der Waals surface area contributed by atoms with Crippen molar-refractivity contribution in [3.05, 3.63) is 78.1 Å². The Morgan fingerprint density at radius 2 is 1.61 bits per heavy atom. The van der Waals surface area contributed by atoms with E-state index in [1.54, 1.807) is 0 Å². The molecule has 2 N–H and O–H groups in total. The Bertz CT molecular complexity index is 1070. The van der Waals surface area contributed by atoms with Crippen molar-refractivity contribution in [3.63, 3.8) is 0 Å². The second-order valence-electron chi connectivity index (χ2n) is 5.91. The first-order valence-electron chi connectivity index (χ1n) is 8.63. The van der Waals surface area contributed by atoms with Crippen LogP contribution in [-0.4, -0.2) is 26.0 Å². The molecule has 0 aliphatic carbocycles. The molecule has 0 atom stereocenters. The van der Waals surface area contributed by atoms with Gasteiger partial charge in [-0.3, -0.25) is 5.32 Å². The molecule has 0 spiro atoms. The van der Waals surface area contributed by atoms with Gasteiger partial charge in [0.2, 0.25) is 11.8 Å². The van der Waals surface area contributed by atoms with E-state index in [0.29, 0.717) is 23.7 Å². The summed E-state index contributed by atoms with van der Waals surface area (Å²) in [6.45, 7) is 0.471. The van der Waals surface area contributed by atoms with Gasteiger partial charge in [0.15, 0.2) is 5.65 Å². The summed E-state index contributed by atoms with van der Waals surface area (Å²) >= 11 is 0. The van der Waals surface area contributed by atoms with Crippen LogP contribution in [0.1, 0.15) is 11.1 Å². The SMILES string of the molecule is O=C(Nc1nc(OCc2ccccc2)c2[nH]cnc2n1)OCc1ccccc1. The Balaban J connectivity index is 1.45. The van der Waals surface area contributed by atoms with Gasteiger partial charge in [0.1, 0.15) is 18.7 Å². The van der Waals surface area contributed by atoms with Crippen molar-refractivity contribution in [1.82, 2.24) is 19.9 Å². The Morgan fingerprint density at radius 3 is 2.32 bits per heavy atom. The second kappa shape index (κ2) is 8.17. The maximum atomic E-state index is 12.1. The van der Waals surface area contributed by atoms with Crippen molar-refractivity contribution < 1.29 is 14.3 Å². The van der Waals surface area contributed by atoms with Gasteiger partial charge in [-0.15, -0.1) is 0 Å². The smallest absolute Gasteiger partial charge is 0.414 e. The van der Waals surface area contributed by atoms with Crippen LogP contribution >= 0.6 is 0 Å². The predicted molar refractivity (Wildman–Crippen MR) is 103 cm³/mol. The molecule has 0 aliphatic heterocycles. The number of aromatic nitrogens is 4. The number of hydrogen-bond acceptors (Lipinski definition) is 6. The molecule has 0 bridgehead atoms. The molecule has 28 heavy (non-hydrogen) atoms. The van der Waals surface area contributed by atoms with Gasteiger partial charge in [0, 0.05) is 0 Å². The molecule has 0 unspecified atom stereocenters. The van der Waals surface area contributed by atoms with Crippen LogP contribution < -0.4 is 10.1 Å². The molecule has 8 nitrogen and oxygen atoms in total. The zero-order valence-corrected chi connectivity index (χ0v) is 14.8. The molecule has 2 aromatic heterocycles. The number of benzene rings is 2. The Labute approximate surface area is 160 Å². The fourth-order valence-corrected chi connectivity index (χ4v) is 2.54. The van der Waals surface area contributed by atoms with Crippen LogP contribution in [-0.2, 0) is 18.0 Å². The lowest BCUT2D eigenvalue weighted by molar-refractivity contribution is 0.155. The fourth-order valence-electron chi connectivity index (χ4n) is 2.54. The summed E-state index contributed by atoms with van der Waals surface area (Å²) in [6, 6.07) is 19.1. The second-order valence-corrected chi connectivity index (χ2v) is 5.91. The van der Waals surface area contributed by atoms with Crippen LogP contribution in [0.4, 0.5) is 10.7 Å². The van der Waals surface area contributed by atoms with E-state index in [1.807, 2.05) is 60.7 Å². The summed E-state index contributed by atoms with van der Waals surface area (Å²) in [6.07, 6.45) is 0.833. The van der Waals surface area contributed by atoms with Gasteiger partial charge < -0.3 is 14.5 Å². The normalized spacial score (nSPS) is 10.6. The maximum Gasteiger partial charge on any atom is 0.414 e. The highest BCUT2D eigenvalue weighted by molar-refractivity contribution is 5.85. The molecule has 0 aliphatic rings. The van der Waals surface area contributed by atoms with Crippen molar-refractivity contribution in [3.8, 4) is 5.88 Å². The van der Waals surface area contributed by atoms with E-state index in [4.69, 9.17) is 9.47 Å². The van der Waals surface area contributed by atoms with E-state index < -0.39 is 6.09 Å². The van der Waals surface area contributed by atoms with Crippen LogP contribution in [0.25, 0.3) is 11.2 Å². The van der Waals surface area contributed by atoms with E-state index in [2.05, 4.69) is 25.3 Å².